The first-order valence-electron chi connectivity index (χ1n) is 9.90. The molecule has 4 rings (SSSR count). The number of carbonyl (C=O) groups is 2. The van der Waals surface area contributed by atoms with Gasteiger partial charge >= 0.3 is 0 Å². The average Bonchev–Trinajstić information content (AvgIpc) is 3.20. The number of halogens is 2. The maximum atomic E-state index is 13.7. The third-order valence-electron chi connectivity index (χ3n) is 5.24. The lowest BCUT2D eigenvalue weighted by Gasteiger charge is -2.33. The summed E-state index contributed by atoms with van der Waals surface area (Å²) in [7, 11) is 0. The number of ether oxygens (including phenoxy) is 2. The fourth-order valence-electron chi connectivity index (χ4n) is 3.66. The van der Waals surface area contributed by atoms with Gasteiger partial charge in [0.1, 0.15) is 18.5 Å². The van der Waals surface area contributed by atoms with E-state index >= 15 is 0 Å². The Morgan fingerprint density at radius 1 is 1.13 bits per heavy atom. The molecule has 0 N–H and O–H groups in total. The molecule has 2 aliphatic heterocycles. The first kappa shape index (κ1) is 20.3. The van der Waals surface area contributed by atoms with Crippen LogP contribution < -0.4 is 9.64 Å². The minimum Gasteiger partial charge on any atom is -0.488 e. The molecule has 2 aromatic rings. The minimum absolute atomic E-state index is 0.000161. The van der Waals surface area contributed by atoms with Gasteiger partial charge in [0.05, 0.1) is 13.2 Å². The zero-order valence-electron chi connectivity index (χ0n) is 16.4. The topological polar surface area (TPSA) is 59.1 Å². The highest BCUT2D eigenvalue weighted by molar-refractivity contribution is 5.97. The van der Waals surface area contributed by atoms with Crippen LogP contribution >= 0.6 is 0 Å². The molecular weight excluding hydrogens is 394 g/mol. The molecule has 0 saturated carbocycles. The minimum atomic E-state index is -0.656. The smallest absolute Gasteiger partial charge is 0.254 e. The zero-order chi connectivity index (χ0) is 21.1. The molecule has 0 spiro atoms. The van der Waals surface area contributed by atoms with E-state index in [0.29, 0.717) is 31.7 Å². The first-order chi connectivity index (χ1) is 14.5. The molecule has 0 radical (unpaired) electrons. The number of hydrogen-bond acceptors (Lipinski definition) is 4. The largest absolute Gasteiger partial charge is 0.488 e. The molecule has 0 aliphatic carbocycles. The summed E-state index contributed by atoms with van der Waals surface area (Å²) in [5.41, 5.74) is 1.31. The summed E-state index contributed by atoms with van der Waals surface area (Å²) in [6.07, 6.45) is 0.945. The molecule has 30 heavy (non-hydrogen) atoms. The number of hydrogen-bond donors (Lipinski definition) is 0. The third-order valence-corrected chi connectivity index (χ3v) is 5.24. The van der Waals surface area contributed by atoms with E-state index in [9.17, 15) is 18.4 Å². The van der Waals surface area contributed by atoms with Crippen molar-refractivity contribution >= 4 is 17.5 Å². The summed E-state index contributed by atoms with van der Waals surface area (Å²) in [6.45, 7) is 1.73. The Hall–Kier alpha value is -3.00. The van der Waals surface area contributed by atoms with Gasteiger partial charge in [-0.25, -0.2) is 8.78 Å². The third kappa shape index (κ3) is 4.43. The fourth-order valence-corrected chi connectivity index (χ4v) is 3.66. The van der Waals surface area contributed by atoms with E-state index < -0.39 is 17.7 Å². The number of morpholine rings is 1. The van der Waals surface area contributed by atoms with E-state index in [2.05, 4.69) is 0 Å². The van der Waals surface area contributed by atoms with Crippen molar-refractivity contribution in [1.82, 2.24) is 4.90 Å². The van der Waals surface area contributed by atoms with Gasteiger partial charge < -0.3 is 19.3 Å². The van der Waals surface area contributed by atoms with Crippen LogP contribution in [0.2, 0.25) is 0 Å². The fraction of sp³-hybridized carbons (Fsp3) is 0.364. The number of nitrogens with zero attached hydrogens (tertiary/aromatic N) is 2. The molecule has 158 valence electrons. The molecule has 1 unspecified atom stereocenters. The Morgan fingerprint density at radius 3 is 2.67 bits per heavy atom. The highest BCUT2D eigenvalue weighted by Crippen LogP contribution is 2.23. The van der Waals surface area contributed by atoms with Crippen molar-refractivity contribution < 1.29 is 27.8 Å². The Kier molecular flexibility index (Phi) is 5.94. The van der Waals surface area contributed by atoms with E-state index in [-0.39, 0.29) is 30.7 Å². The lowest BCUT2D eigenvalue weighted by atomic mass is 10.1. The van der Waals surface area contributed by atoms with Crippen molar-refractivity contribution in [2.45, 2.75) is 18.9 Å². The van der Waals surface area contributed by atoms with Crippen LogP contribution in [-0.2, 0) is 9.53 Å². The number of anilines is 1. The molecule has 2 aliphatic rings. The van der Waals surface area contributed by atoms with Crippen molar-refractivity contribution in [2.24, 2.45) is 0 Å². The monoisotopic (exact) mass is 416 g/mol. The normalized spacial score (nSPS) is 19.3. The molecule has 6 nitrogen and oxygen atoms in total. The standard InChI is InChI=1S/C22H22F2N2O4/c23-16-5-8-19(24)20(12-16)30-14-18-13-25(10-11-29-18)22(28)15-3-6-17(7-4-15)26-9-1-2-21(26)27/h3-8,12,18H,1-2,9-11,13-14H2. The maximum absolute atomic E-state index is 13.7. The summed E-state index contributed by atoms with van der Waals surface area (Å²) < 4.78 is 37.9. The summed E-state index contributed by atoms with van der Waals surface area (Å²) in [6, 6.07) is 9.99. The molecule has 8 heteroatoms. The van der Waals surface area contributed by atoms with Crippen molar-refractivity contribution in [3.8, 4) is 5.75 Å². The molecule has 2 amide bonds. The molecule has 2 fully saturated rings. The second kappa shape index (κ2) is 8.79. The van der Waals surface area contributed by atoms with Crippen LogP contribution in [0.15, 0.2) is 42.5 Å². The highest BCUT2D eigenvalue weighted by Gasteiger charge is 2.27. The van der Waals surface area contributed by atoms with Crippen molar-refractivity contribution in [2.75, 3.05) is 37.7 Å². The van der Waals surface area contributed by atoms with Crippen LogP contribution in [0.3, 0.4) is 0 Å². The first-order valence-corrected chi connectivity index (χ1v) is 9.90. The van der Waals surface area contributed by atoms with Gasteiger partial charge in [0.15, 0.2) is 11.6 Å². The van der Waals surface area contributed by atoms with Crippen LogP contribution in [-0.4, -0.2) is 55.7 Å². The Balaban J connectivity index is 1.36. The second-order valence-corrected chi connectivity index (χ2v) is 7.33. The molecule has 0 aromatic heterocycles. The van der Waals surface area contributed by atoms with Crippen LogP contribution in [0, 0.1) is 11.6 Å². The SMILES string of the molecule is O=C(c1ccc(N2CCCC2=O)cc1)N1CCOC(COc2cc(F)ccc2F)C1. The van der Waals surface area contributed by atoms with Gasteiger partial charge in [-0.15, -0.1) is 0 Å². The van der Waals surface area contributed by atoms with E-state index in [0.717, 1.165) is 30.3 Å². The maximum Gasteiger partial charge on any atom is 0.254 e. The summed E-state index contributed by atoms with van der Waals surface area (Å²) in [5, 5.41) is 0. The van der Waals surface area contributed by atoms with Gasteiger partial charge in [0, 0.05) is 36.8 Å². The van der Waals surface area contributed by atoms with Crippen molar-refractivity contribution in [1.29, 1.82) is 0 Å². The summed E-state index contributed by atoms with van der Waals surface area (Å²) in [4.78, 5) is 28.1. The van der Waals surface area contributed by atoms with Gasteiger partial charge in [0.2, 0.25) is 5.91 Å². The lowest BCUT2D eigenvalue weighted by molar-refractivity contribution is -0.117. The summed E-state index contributed by atoms with van der Waals surface area (Å²) >= 11 is 0. The van der Waals surface area contributed by atoms with Gasteiger partial charge in [0.25, 0.3) is 5.91 Å². The van der Waals surface area contributed by atoms with Gasteiger partial charge in [-0.2, -0.15) is 0 Å². The van der Waals surface area contributed by atoms with Crippen molar-refractivity contribution in [3.63, 3.8) is 0 Å². The van der Waals surface area contributed by atoms with Gasteiger partial charge in [-0.05, 0) is 42.8 Å². The van der Waals surface area contributed by atoms with Crippen molar-refractivity contribution in [3.05, 3.63) is 59.7 Å². The Labute approximate surface area is 173 Å². The van der Waals surface area contributed by atoms with E-state index in [1.165, 1.54) is 0 Å². The van der Waals surface area contributed by atoms with E-state index in [1.807, 2.05) is 0 Å². The second-order valence-electron chi connectivity index (χ2n) is 7.33. The molecule has 2 aromatic carbocycles. The summed E-state index contributed by atoms with van der Waals surface area (Å²) in [5.74, 6) is -1.49. The van der Waals surface area contributed by atoms with E-state index in [1.54, 1.807) is 34.1 Å². The zero-order valence-corrected chi connectivity index (χ0v) is 16.4. The van der Waals surface area contributed by atoms with Gasteiger partial charge in [-0.1, -0.05) is 0 Å². The van der Waals surface area contributed by atoms with Gasteiger partial charge in [-0.3, -0.25) is 9.59 Å². The molecule has 2 saturated heterocycles. The van der Waals surface area contributed by atoms with Crippen LogP contribution in [0.1, 0.15) is 23.2 Å². The number of rotatable bonds is 5. The van der Waals surface area contributed by atoms with Crippen LogP contribution in [0.25, 0.3) is 0 Å². The molecule has 0 bridgehead atoms. The predicted octanol–water partition coefficient (Wildman–Crippen LogP) is 3.01. The molecular formula is C22H22F2N2O4. The van der Waals surface area contributed by atoms with Crippen LogP contribution in [0.4, 0.5) is 14.5 Å². The number of amides is 2. The quantitative estimate of drug-likeness (QED) is 0.752. The molecule has 2 heterocycles. The Morgan fingerprint density at radius 2 is 1.93 bits per heavy atom. The predicted molar refractivity (Wildman–Crippen MR) is 106 cm³/mol. The average molecular weight is 416 g/mol. The number of carbonyl (C=O) groups excluding carboxylic acids is 2. The van der Waals surface area contributed by atoms with Crippen LogP contribution in [0.5, 0.6) is 5.75 Å². The van der Waals surface area contributed by atoms with E-state index in [4.69, 9.17) is 9.47 Å². The number of benzene rings is 2. The molecule has 1 atom stereocenters. The lowest BCUT2D eigenvalue weighted by Crippen LogP contribution is -2.47. The Bertz CT molecular complexity index is 935. The highest BCUT2D eigenvalue weighted by atomic mass is 19.1.